The third kappa shape index (κ3) is 5.29. The smallest absolute Gasteiger partial charge is 0.808 e. The number of rotatable bonds is 3. The van der Waals surface area contributed by atoms with Crippen LogP contribution < -0.4 is 73.6 Å². The molecule has 2 aromatic rings. The summed E-state index contributed by atoms with van der Waals surface area (Å²) in [5, 5.41) is 0.826. The summed E-state index contributed by atoms with van der Waals surface area (Å²) in [6.07, 6.45) is 0.714. The second kappa shape index (κ2) is 8.00. The van der Waals surface area contributed by atoms with Gasteiger partial charge in [-0.1, -0.05) is 18.2 Å². The number of ether oxygens (including phenoxy) is 1. The topological polar surface area (TPSA) is 85.3 Å². The Kier molecular flexibility index (Phi) is 8.26. The first-order valence-corrected chi connectivity index (χ1v) is 6.27. The van der Waals surface area contributed by atoms with Gasteiger partial charge >= 0.3 is 59.1 Å². The number of benzene rings is 1. The molecular formula is C10H8NNa2O4P. The predicted octanol–water partition coefficient (Wildman–Crippen LogP) is -5.51. The van der Waals surface area contributed by atoms with Crippen LogP contribution in [0.1, 0.15) is 0 Å². The quantitative estimate of drug-likeness (QED) is 0.414. The Labute approximate surface area is 149 Å². The molecule has 8 heteroatoms. The molecule has 84 valence electrons. The van der Waals surface area contributed by atoms with E-state index in [2.05, 4.69) is 4.98 Å². The van der Waals surface area contributed by atoms with Crippen molar-refractivity contribution in [3.8, 4) is 5.75 Å². The first-order chi connectivity index (χ1) is 7.56. The molecule has 5 nitrogen and oxygen atoms in total. The molecule has 0 atom stereocenters. The molecule has 0 N–H and O–H groups in total. The normalized spacial score (nSPS) is 10.3. The van der Waals surface area contributed by atoms with Crippen LogP contribution in [-0.2, 0) is 4.57 Å². The van der Waals surface area contributed by atoms with Gasteiger partial charge in [0.15, 0.2) is 0 Å². The van der Waals surface area contributed by atoms with E-state index in [9.17, 15) is 14.4 Å². The van der Waals surface area contributed by atoms with Crippen LogP contribution in [0.5, 0.6) is 5.75 Å². The number of hydrogen-bond acceptors (Lipinski definition) is 5. The number of pyridine rings is 1. The Bertz CT molecular complexity index is 555. The number of aromatic nitrogens is 1. The molecule has 0 bridgehead atoms. The van der Waals surface area contributed by atoms with Crippen molar-refractivity contribution >= 4 is 18.5 Å². The van der Waals surface area contributed by atoms with Crippen LogP contribution in [-0.4, -0.2) is 11.3 Å². The molecule has 0 unspecified atom stereocenters. The van der Waals surface area contributed by atoms with Gasteiger partial charge in [0.2, 0.25) is 0 Å². The zero-order valence-corrected chi connectivity index (χ0v) is 15.1. The summed E-state index contributed by atoms with van der Waals surface area (Å²) >= 11 is 0. The molecule has 18 heavy (non-hydrogen) atoms. The average Bonchev–Trinajstić information content (AvgIpc) is 2.25. The van der Waals surface area contributed by atoms with Crippen LogP contribution >= 0.6 is 7.60 Å². The molecule has 0 aliphatic carbocycles. The molecule has 0 saturated heterocycles. The first kappa shape index (κ1) is 18.6. The van der Waals surface area contributed by atoms with Gasteiger partial charge in [-0.3, -0.25) is 4.98 Å². The second-order valence-electron chi connectivity index (χ2n) is 3.22. The van der Waals surface area contributed by atoms with Crippen molar-refractivity contribution in [1.29, 1.82) is 0 Å². The van der Waals surface area contributed by atoms with Crippen LogP contribution in [0.15, 0.2) is 36.5 Å². The van der Waals surface area contributed by atoms with E-state index in [1.54, 1.807) is 24.4 Å². The predicted molar refractivity (Wildman–Crippen MR) is 54.8 cm³/mol. The largest absolute Gasteiger partial charge is 1.00 e. The van der Waals surface area contributed by atoms with Crippen LogP contribution in [0.25, 0.3) is 10.9 Å². The minimum Gasteiger partial charge on any atom is -0.808 e. The van der Waals surface area contributed by atoms with E-state index in [-0.39, 0.29) is 59.1 Å². The van der Waals surface area contributed by atoms with E-state index >= 15 is 0 Å². The fourth-order valence-electron chi connectivity index (χ4n) is 1.34. The molecule has 0 amide bonds. The van der Waals surface area contributed by atoms with Crippen molar-refractivity contribution in [2.45, 2.75) is 0 Å². The number of para-hydroxylation sites is 1. The molecule has 0 radical (unpaired) electrons. The Morgan fingerprint density at radius 2 is 1.83 bits per heavy atom. The van der Waals surface area contributed by atoms with Gasteiger partial charge in [0, 0.05) is 11.6 Å². The second-order valence-corrected chi connectivity index (χ2v) is 4.70. The molecule has 1 aromatic heterocycles. The minimum absolute atomic E-state index is 0. The van der Waals surface area contributed by atoms with Crippen LogP contribution in [0.3, 0.4) is 0 Å². The van der Waals surface area contributed by atoms with Crippen molar-refractivity contribution in [3.05, 3.63) is 36.5 Å². The Morgan fingerprint density at radius 1 is 1.17 bits per heavy atom. The molecule has 0 aliphatic heterocycles. The molecular weight excluding hydrogens is 275 g/mol. The average molecular weight is 283 g/mol. The summed E-state index contributed by atoms with van der Waals surface area (Å²) in [5.74, 6) is 0.296. The maximum absolute atomic E-state index is 10.5. The van der Waals surface area contributed by atoms with Crippen molar-refractivity contribution in [3.63, 3.8) is 0 Å². The number of hydrogen-bond donors (Lipinski definition) is 0. The fraction of sp³-hybridized carbons (Fsp3) is 0.100. The van der Waals surface area contributed by atoms with Crippen LogP contribution in [0.4, 0.5) is 0 Å². The summed E-state index contributed by atoms with van der Waals surface area (Å²) in [6.45, 7) is 0. The molecule has 0 aliphatic rings. The number of nitrogens with zero attached hydrogens (tertiary/aromatic N) is 1. The summed E-state index contributed by atoms with van der Waals surface area (Å²) in [7, 11) is -4.66. The van der Waals surface area contributed by atoms with E-state index in [1.807, 2.05) is 12.1 Å². The van der Waals surface area contributed by atoms with Gasteiger partial charge in [-0.2, -0.15) is 0 Å². The molecule has 0 saturated carbocycles. The monoisotopic (exact) mass is 283 g/mol. The van der Waals surface area contributed by atoms with E-state index in [1.165, 1.54) is 0 Å². The molecule has 0 fully saturated rings. The molecule has 2 rings (SSSR count). The van der Waals surface area contributed by atoms with Crippen molar-refractivity contribution < 1.29 is 78.2 Å². The Morgan fingerprint density at radius 3 is 2.50 bits per heavy atom. The summed E-state index contributed by atoms with van der Waals surface area (Å²) < 4.78 is 15.4. The number of fused-ring (bicyclic) bond motifs is 1. The maximum atomic E-state index is 10.5. The zero-order chi connectivity index (χ0) is 11.6. The third-order valence-corrected chi connectivity index (χ3v) is 2.42. The Hall–Kier alpha value is 0.580. The van der Waals surface area contributed by atoms with Gasteiger partial charge in [0.25, 0.3) is 0 Å². The molecule has 1 heterocycles. The van der Waals surface area contributed by atoms with Gasteiger partial charge in [0.1, 0.15) is 17.6 Å². The van der Waals surface area contributed by atoms with E-state index < -0.39 is 13.9 Å². The molecule has 1 aromatic carbocycles. The minimum atomic E-state index is -4.66. The van der Waals surface area contributed by atoms with E-state index in [0.29, 0.717) is 11.3 Å². The summed E-state index contributed by atoms with van der Waals surface area (Å²) in [5.41, 5.74) is 0.540. The van der Waals surface area contributed by atoms with Gasteiger partial charge < -0.3 is 19.1 Å². The third-order valence-electron chi connectivity index (χ3n) is 1.97. The maximum Gasteiger partial charge on any atom is 1.00 e. The first-order valence-electron chi connectivity index (χ1n) is 4.54. The van der Waals surface area contributed by atoms with Crippen LogP contribution in [0.2, 0.25) is 0 Å². The van der Waals surface area contributed by atoms with Gasteiger partial charge in [-0.25, -0.2) is 0 Å². The molecule has 0 spiro atoms. The van der Waals surface area contributed by atoms with E-state index in [0.717, 1.165) is 5.39 Å². The SMILES string of the molecule is O=P([O-])([O-])COc1cccc2cccnc12.[Na+].[Na+]. The zero-order valence-electron chi connectivity index (χ0n) is 10.2. The van der Waals surface area contributed by atoms with Gasteiger partial charge in [-0.15, -0.1) is 0 Å². The van der Waals surface area contributed by atoms with Gasteiger partial charge in [-0.05, 0) is 19.7 Å². The van der Waals surface area contributed by atoms with Crippen LogP contribution in [0, 0.1) is 0 Å². The summed E-state index contributed by atoms with van der Waals surface area (Å²) in [6, 6.07) is 8.69. The van der Waals surface area contributed by atoms with Crippen molar-refractivity contribution in [2.75, 3.05) is 6.35 Å². The van der Waals surface area contributed by atoms with E-state index in [4.69, 9.17) is 4.74 Å². The standard InChI is InChI=1S/C10H10NO4P.2Na/c12-16(13,14)7-15-9-5-1-3-8-4-2-6-11-10(8)9;;/h1-6H,7H2,(H2,12,13,14);;/q;2*+1/p-2. The fourth-order valence-corrected chi connectivity index (χ4v) is 1.64. The van der Waals surface area contributed by atoms with Crippen molar-refractivity contribution in [1.82, 2.24) is 4.98 Å². The summed E-state index contributed by atoms with van der Waals surface area (Å²) in [4.78, 5) is 25.0. The Balaban J connectivity index is 0.00000144. The van der Waals surface area contributed by atoms with Gasteiger partial charge in [0.05, 0.1) is 0 Å². The van der Waals surface area contributed by atoms with Crippen molar-refractivity contribution in [2.24, 2.45) is 0 Å².